The van der Waals surface area contributed by atoms with Gasteiger partial charge in [-0.15, -0.1) is 0 Å². The fraction of sp³-hybridized carbons (Fsp3) is 0.261. The molecular formula is C23H21ClN4O. The Hall–Kier alpha value is -3.10. The third-order valence-corrected chi connectivity index (χ3v) is 5.61. The van der Waals surface area contributed by atoms with Crippen molar-refractivity contribution in [3.8, 4) is 6.07 Å². The predicted octanol–water partition coefficient (Wildman–Crippen LogP) is 4.44. The Labute approximate surface area is 175 Å². The van der Waals surface area contributed by atoms with Gasteiger partial charge >= 0.3 is 0 Å². The van der Waals surface area contributed by atoms with Crippen molar-refractivity contribution in [2.24, 2.45) is 5.92 Å². The molecule has 1 aliphatic heterocycles. The van der Waals surface area contributed by atoms with E-state index in [4.69, 9.17) is 16.9 Å². The number of benzene rings is 2. The van der Waals surface area contributed by atoms with Crippen LogP contribution < -0.4 is 4.90 Å². The Kier molecular flexibility index (Phi) is 5.64. The molecule has 5 nitrogen and oxygen atoms in total. The number of aromatic nitrogens is 2. The van der Waals surface area contributed by atoms with Gasteiger partial charge in [0.05, 0.1) is 18.0 Å². The van der Waals surface area contributed by atoms with Gasteiger partial charge in [-0.3, -0.25) is 4.79 Å². The summed E-state index contributed by atoms with van der Waals surface area (Å²) < 4.78 is 2.12. The van der Waals surface area contributed by atoms with E-state index in [9.17, 15) is 4.79 Å². The summed E-state index contributed by atoms with van der Waals surface area (Å²) in [6, 6.07) is 17.2. The number of imidazole rings is 1. The molecule has 1 aromatic heterocycles. The molecule has 1 amide bonds. The lowest BCUT2D eigenvalue weighted by molar-refractivity contribution is -0.120. The summed E-state index contributed by atoms with van der Waals surface area (Å²) in [4.78, 5) is 18.9. The van der Waals surface area contributed by atoms with Crippen LogP contribution in [0.25, 0.3) is 0 Å². The first-order valence-electron chi connectivity index (χ1n) is 9.66. The smallest absolute Gasteiger partial charge is 0.227 e. The first-order chi connectivity index (χ1) is 14.1. The van der Waals surface area contributed by atoms with Gasteiger partial charge in [0.2, 0.25) is 5.91 Å². The molecule has 0 aliphatic carbocycles. The molecule has 0 spiro atoms. The second-order valence-electron chi connectivity index (χ2n) is 7.41. The zero-order valence-electron chi connectivity index (χ0n) is 16.0. The molecule has 1 unspecified atom stereocenters. The molecule has 1 saturated heterocycles. The number of carbonyl (C=O) groups excluding carboxylic acids is 1. The topological polar surface area (TPSA) is 61.9 Å². The molecule has 1 aliphatic rings. The molecule has 0 radical (unpaired) electrons. The van der Waals surface area contributed by atoms with Crippen molar-refractivity contribution >= 4 is 23.2 Å². The summed E-state index contributed by atoms with van der Waals surface area (Å²) in [5, 5.41) is 9.58. The van der Waals surface area contributed by atoms with E-state index in [2.05, 4.69) is 15.6 Å². The van der Waals surface area contributed by atoms with Gasteiger partial charge in [0.25, 0.3) is 0 Å². The summed E-state index contributed by atoms with van der Waals surface area (Å²) in [6.07, 6.45) is 6.01. The number of rotatable bonds is 5. The molecule has 1 atom stereocenters. The van der Waals surface area contributed by atoms with Crippen LogP contribution in [-0.2, 0) is 17.8 Å². The summed E-state index contributed by atoms with van der Waals surface area (Å²) in [6.45, 7) is 1.41. The van der Waals surface area contributed by atoms with Gasteiger partial charge in [0.1, 0.15) is 0 Å². The Morgan fingerprint density at radius 2 is 2.03 bits per heavy atom. The van der Waals surface area contributed by atoms with E-state index < -0.39 is 0 Å². The highest BCUT2D eigenvalue weighted by Gasteiger charge is 2.27. The average molecular weight is 405 g/mol. The van der Waals surface area contributed by atoms with Gasteiger partial charge in [-0.25, -0.2) is 4.98 Å². The van der Waals surface area contributed by atoms with Crippen molar-refractivity contribution in [1.82, 2.24) is 9.55 Å². The van der Waals surface area contributed by atoms with Crippen molar-refractivity contribution in [3.05, 3.63) is 82.9 Å². The highest BCUT2D eigenvalue weighted by atomic mass is 35.5. The van der Waals surface area contributed by atoms with E-state index in [0.29, 0.717) is 36.0 Å². The molecule has 0 saturated carbocycles. The number of hydrogen-bond acceptors (Lipinski definition) is 3. The van der Waals surface area contributed by atoms with Crippen LogP contribution in [0.3, 0.4) is 0 Å². The van der Waals surface area contributed by atoms with Crippen molar-refractivity contribution in [3.63, 3.8) is 0 Å². The molecule has 1 fully saturated rings. The Morgan fingerprint density at radius 3 is 2.76 bits per heavy atom. The van der Waals surface area contributed by atoms with Crippen molar-refractivity contribution in [2.45, 2.75) is 25.8 Å². The van der Waals surface area contributed by atoms with Gasteiger partial charge < -0.3 is 9.47 Å². The third-order valence-electron chi connectivity index (χ3n) is 5.38. The van der Waals surface area contributed by atoms with Gasteiger partial charge in [-0.1, -0.05) is 29.8 Å². The van der Waals surface area contributed by atoms with Crippen LogP contribution in [0.5, 0.6) is 0 Å². The number of nitrogens with zero attached hydrogens (tertiary/aromatic N) is 4. The van der Waals surface area contributed by atoms with E-state index in [1.54, 1.807) is 0 Å². The first-order valence-corrected chi connectivity index (χ1v) is 10.0. The maximum Gasteiger partial charge on any atom is 0.227 e. The fourth-order valence-corrected chi connectivity index (χ4v) is 4.01. The Bertz CT molecular complexity index is 1050. The van der Waals surface area contributed by atoms with E-state index in [1.165, 1.54) is 0 Å². The second-order valence-corrected chi connectivity index (χ2v) is 7.85. The minimum Gasteiger partial charge on any atom is -0.330 e. The van der Waals surface area contributed by atoms with Gasteiger partial charge in [-0.05, 0) is 54.7 Å². The molecule has 146 valence electrons. The molecule has 0 bridgehead atoms. The minimum absolute atomic E-state index is 0.140. The number of anilines is 1. The lowest BCUT2D eigenvalue weighted by atomic mass is 9.91. The maximum absolute atomic E-state index is 12.7. The highest BCUT2D eigenvalue weighted by molar-refractivity contribution is 6.30. The summed E-state index contributed by atoms with van der Waals surface area (Å²) in [7, 11) is 0. The standard InChI is InChI=1S/C23H21ClN4O/c24-20-2-1-3-21(12-20)28-9-8-19(11-23(28)29)10-22-14-26-16-27(22)15-18-6-4-17(13-25)5-7-18/h1-7,12,14,16,19H,8-11,15H2. The fourth-order valence-electron chi connectivity index (χ4n) is 3.82. The third kappa shape index (κ3) is 4.49. The number of nitriles is 1. The van der Waals surface area contributed by atoms with E-state index in [0.717, 1.165) is 29.8 Å². The molecule has 4 rings (SSSR count). The number of carbonyl (C=O) groups is 1. The normalized spacial score (nSPS) is 16.6. The molecule has 29 heavy (non-hydrogen) atoms. The molecule has 3 aromatic rings. The largest absolute Gasteiger partial charge is 0.330 e. The SMILES string of the molecule is N#Cc1ccc(Cn2cncc2CC2CCN(c3cccc(Cl)c3)C(=O)C2)cc1. The van der Waals surface area contributed by atoms with Crippen molar-refractivity contribution in [1.29, 1.82) is 5.26 Å². The first kappa shape index (κ1) is 19.2. The second kappa shape index (κ2) is 8.50. The van der Waals surface area contributed by atoms with Gasteiger partial charge in [0, 0.05) is 42.1 Å². The van der Waals surface area contributed by atoms with E-state index in [1.807, 2.05) is 66.0 Å². The lowest BCUT2D eigenvalue weighted by Gasteiger charge is -2.32. The van der Waals surface area contributed by atoms with E-state index in [-0.39, 0.29) is 5.91 Å². The average Bonchev–Trinajstić information content (AvgIpc) is 3.15. The van der Waals surface area contributed by atoms with Crippen LogP contribution in [0.1, 0.15) is 29.7 Å². The van der Waals surface area contributed by atoms with Crippen LogP contribution in [0, 0.1) is 17.2 Å². The van der Waals surface area contributed by atoms with Crippen molar-refractivity contribution in [2.75, 3.05) is 11.4 Å². The molecule has 6 heteroatoms. The molecular weight excluding hydrogens is 384 g/mol. The molecule has 2 heterocycles. The summed E-state index contributed by atoms with van der Waals surface area (Å²) in [5.41, 5.74) is 3.77. The van der Waals surface area contributed by atoms with Gasteiger partial charge in [0.15, 0.2) is 0 Å². The monoisotopic (exact) mass is 404 g/mol. The van der Waals surface area contributed by atoms with Crippen molar-refractivity contribution < 1.29 is 4.79 Å². The summed E-state index contributed by atoms with van der Waals surface area (Å²) >= 11 is 6.07. The maximum atomic E-state index is 12.7. The van der Waals surface area contributed by atoms with Crippen LogP contribution in [0.4, 0.5) is 5.69 Å². The Balaban J connectivity index is 1.40. The lowest BCUT2D eigenvalue weighted by Crippen LogP contribution is -2.39. The number of halogens is 1. The minimum atomic E-state index is 0.140. The Morgan fingerprint density at radius 1 is 1.21 bits per heavy atom. The van der Waals surface area contributed by atoms with Crippen LogP contribution in [-0.4, -0.2) is 22.0 Å². The van der Waals surface area contributed by atoms with Gasteiger partial charge in [-0.2, -0.15) is 5.26 Å². The summed E-state index contributed by atoms with van der Waals surface area (Å²) in [5.74, 6) is 0.441. The molecule has 2 aromatic carbocycles. The zero-order valence-corrected chi connectivity index (χ0v) is 16.7. The number of piperidine rings is 1. The van der Waals surface area contributed by atoms with Crippen LogP contribution >= 0.6 is 11.6 Å². The van der Waals surface area contributed by atoms with Crippen LogP contribution in [0.2, 0.25) is 5.02 Å². The van der Waals surface area contributed by atoms with Crippen LogP contribution in [0.15, 0.2) is 61.1 Å². The quantitative estimate of drug-likeness (QED) is 0.631. The zero-order chi connectivity index (χ0) is 20.2. The predicted molar refractivity (Wildman–Crippen MR) is 113 cm³/mol. The number of amides is 1. The number of hydrogen-bond donors (Lipinski definition) is 0. The molecule has 0 N–H and O–H groups in total. The highest BCUT2D eigenvalue weighted by Crippen LogP contribution is 2.28. The van der Waals surface area contributed by atoms with E-state index >= 15 is 0 Å².